The van der Waals surface area contributed by atoms with Crippen LogP contribution in [0.5, 0.6) is 5.75 Å². The van der Waals surface area contributed by atoms with E-state index in [4.69, 9.17) is 4.74 Å². The fourth-order valence-corrected chi connectivity index (χ4v) is 2.28. The van der Waals surface area contributed by atoms with Crippen LogP contribution in [0.3, 0.4) is 0 Å². The van der Waals surface area contributed by atoms with Gasteiger partial charge in [-0.05, 0) is 43.9 Å². The van der Waals surface area contributed by atoms with Gasteiger partial charge < -0.3 is 9.64 Å². The SMILES string of the molecule is Cc1ccc(C)c(OCCCN(C)C(=O)CBr)c1C. The number of benzene rings is 1. The Morgan fingerprint density at radius 2 is 1.89 bits per heavy atom. The van der Waals surface area contributed by atoms with Crippen molar-refractivity contribution >= 4 is 21.8 Å². The number of halogens is 1. The molecule has 0 aliphatic heterocycles. The topological polar surface area (TPSA) is 29.5 Å². The van der Waals surface area contributed by atoms with Crippen molar-refractivity contribution in [3.05, 3.63) is 28.8 Å². The molecular weight excluding hydrogens is 306 g/mol. The average molecular weight is 328 g/mol. The van der Waals surface area contributed by atoms with Crippen LogP contribution >= 0.6 is 15.9 Å². The van der Waals surface area contributed by atoms with Gasteiger partial charge in [0.05, 0.1) is 11.9 Å². The molecule has 0 saturated carbocycles. The maximum Gasteiger partial charge on any atom is 0.232 e. The summed E-state index contributed by atoms with van der Waals surface area (Å²) in [6.07, 6.45) is 0.835. The number of carbonyl (C=O) groups excluding carboxylic acids is 1. The largest absolute Gasteiger partial charge is 0.493 e. The number of rotatable bonds is 6. The number of ether oxygens (including phenoxy) is 1. The first-order valence-electron chi connectivity index (χ1n) is 6.47. The monoisotopic (exact) mass is 327 g/mol. The van der Waals surface area contributed by atoms with E-state index in [-0.39, 0.29) is 5.91 Å². The summed E-state index contributed by atoms with van der Waals surface area (Å²) in [4.78, 5) is 13.1. The van der Waals surface area contributed by atoms with Gasteiger partial charge in [0.2, 0.25) is 5.91 Å². The van der Waals surface area contributed by atoms with E-state index in [1.165, 1.54) is 11.1 Å². The molecule has 0 spiro atoms. The molecule has 0 aliphatic carbocycles. The highest BCUT2D eigenvalue weighted by Crippen LogP contribution is 2.25. The van der Waals surface area contributed by atoms with Gasteiger partial charge in [0, 0.05) is 13.6 Å². The minimum Gasteiger partial charge on any atom is -0.493 e. The molecule has 1 aromatic rings. The van der Waals surface area contributed by atoms with Crippen LogP contribution in [0.1, 0.15) is 23.1 Å². The van der Waals surface area contributed by atoms with E-state index >= 15 is 0 Å². The molecule has 1 aromatic carbocycles. The molecule has 0 saturated heterocycles. The summed E-state index contributed by atoms with van der Waals surface area (Å²) in [5.74, 6) is 1.08. The highest BCUT2D eigenvalue weighted by Gasteiger charge is 2.08. The summed E-state index contributed by atoms with van der Waals surface area (Å²) in [5, 5.41) is 0.375. The zero-order valence-corrected chi connectivity index (χ0v) is 13.7. The number of hydrogen-bond acceptors (Lipinski definition) is 2. The smallest absolute Gasteiger partial charge is 0.232 e. The van der Waals surface area contributed by atoms with Gasteiger partial charge in [0.15, 0.2) is 0 Å². The normalized spacial score (nSPS) is 10.4. The molecule has 0 N–H and O–H groups in total. The molecule has 0 bridgehead atoms. The van der Waals surface area contributed by atoms with Crippen molar-refractivity contribution in [3.63, 3.8) is 0 Å². The van der Waals surface area contributed by atoms with Crippen LogP contribution in [-0.2, 0) is 4.79 Å². The number of nitrogens with zero attached hydrogens (tertiary/aromatic N) is 1. The van der Waals surface area contributed by atoms with Gasteiger partial charge >= 0.3 is 0 Å². The number of carbonyl (C=O) groups is 1. The summed E-state index contributed by atoms with van der Waals surface area (Å²) >= 11 is 3.17. The molecule has 1 rings (SSSR count). The summed E-state index contributed by atoms with van der Waals surface area (Å²) in [5.41, 5.74) is 3.60. The van der Waals surface area contributed by atoms with Crippen LogP contribution < -0.4 is 4.74 Å². The second kappa shape index (κ2) is 7.53. The Labute approximate surface area is 124 Å². The number of hydrogen-bond donors (Lipinski definition) is 0. The standard InChI is InChI=1S/C15H22BrNO2/c1-11-6-7-12(2)15(13(11)3)19-9-5-8-17(4)14(18)10-16/h6-7H,5,8-10H2,1-4H3. The molecule has 0 fully saturated rings. The minimum absolute atomic E-state index is 0.0999. The first kappa shape index (κ1) is 16.0. The predicted octanol–water partition coefficient (Wildman–Crippen LogP) is 3.23. The first-order chi connectivity index (χ1) is 8.97. The summed E-state index contributed by atoms with van der Waals surface area (Å²) < 4.78 is 5.86. The highest BCUT2D eigenvalue weighted by molar-refractivity contribution is 9.09. The molecular formula is C15H22BrNO2. The lowest BCUT2D eigenvalue weighted by atomic mass is 10.1. The van der Waals surface area contributed by atoms with Gasteiger partial charge in [0.1, 0.15) is 5.75 Å². The Bertz CT molecular complexity index is 446. The quantitative estimate of drug-likeness (QED) is 0.593. The molecule has 19 heavy (non-hydrogen) atoms. The van der Waals surface area contributed by atoms with Crippen molar-refractivity contribution in [2.24, 2.45) is 0 Å². The molecule has 4 heteroatoms. The van der Waals surface area contributed by atoms with Crippen LogP contribution in [0.4, 0.5) is 0 Å². The number of alkyl halides is 1. The number of amides is 1. The van der Waals surface area contributed by atoms with Crippen LogP contribution in [0.2, 0.25) is 0 Å². The molecule has 0 unspecified atom stereocenters. The third-order valence-electron chi connectivity index (χ3n) is 3.30. The van der Waals surface area contributed by atoms with Crippen LogP contribution in [0.25, 0.3) is 0 Å². The van der Waals surface area contributed by atoms with E-state index in [9.17, 15) is 4.79 Å². The third kappa shape index (κ3) is 4.53. The molecule has 0 aliphatic rings. The van der Waals surface area contributed by atoms with Crippen molar-refractivity contribution in [3.8, 4) is 5.75 Å². The fourth-order valence-electron chi connectivity index (χ4n) is 1.85. The maximum atomic E-state index is 11.4. The minimum atomic E-state index is 0.0999. The molecule has 0 aromatic heterocycles. The highest BCUT2D eigenvalue weighted by atomic mass is 79.9. The first-order valence-corrected chi connectivity index (χ1v) is 7.59. The van der Waals surface area contributed by atoms with Crippen molar-refractivity contribution < 1.29 is 9.53 Å². The Kier molecular flexibility index (Phi) is 6.35. The molecule has 0 atom stereocenters. The lowest BCUT2D eigenvalue weighted by molar-refractivity contribution is -0.127. The van der Waals surface area contributed by atoms with E-state index in [2.05, 4.69) is 48.8 Å². The second-order valence-corrected chi connectivity index (χ2v) is 5.37. The zero-order chi connectivity index (χ0) is 14.4. The van der Waals surface area contributed by atoms with E-state index < -0.39 is 0 Å². The molecule has 106 valence electrons. The van der Waals surface area contributed by atoms with Gasteiger partial charge in [-0.25, -0.2) is 0 Å². The van der Waals surface area contributed by atoms with Crippen LogP contribution in [0, 0.1) is 20.8 Å². The second-order valence-electron chi connectivity index (χ2n) is 4.80. The van der Waals surface area contributed by atoms with Crippen molar-refractivity contribution in [1.29, 1.82) is 0 Å². The average Bonchev–Trinajstić information content (AvgIpc) is 2.41. The molecule has 3 nitrogen and oxygen atoms in total. The van der Waals surface area contributed by atoms with Crippen LogP contribution in [-0.4, -0.2) is 36.3 Å². The Morgan fingerprint density at radius 1 is 1.26 bits per heavy atom. The Morgan fingerprint density at radius 3 is 2.53 bits per heavy atom. The fraction of sp³-hybridized carbons (Fsp3) is 0.533. The maximum absolute atomic E-state index is 11.4. The summed E-state index contributed by atoms with van der Waals surface area (Å²) in [6, 6.07) is 4.19. The Balaban J connectivity index is 2.46. The van der Waals surface area contributed by atoms with E-state index in [1.807, 2.05) is 7.05 Å². The van der Waals surface area contributed by atoms with Gasteiger partial charge in [-0.3, -0.25) is 4.79 Å². The Hall–Kier alpha value is -1.03. The van der Waals surface area contributed by atoms with Gasteiger partial charge in [0.25, 0.3) is 0 Å². The molecule has 0 heterocycles. The summed E-state index contributed by atoms with van der Waals surface area (Å²) in [6.45, 7) is 7.57. The van der Waals surface area contributed by atoms with E-state index in [0.717, 1.165) is 17.7 Å². The van der Waals surface area contributed by atoms with Crippen molar-refractivity contribution in [2.45, 2.75) is 27.2 Å². The molecule has 0 radical (unpaired) electrons. The lowest BCUT2D eigenvalue weighted by Crippen LogP contribution is -2.29. The van der Waals surface area contributed by atoms with E-state index in [0.29, 0.717) is 18.5 Å². The van der Waals surface area contributed by atoms with E-state index in [1.54, 1.807) is 4.90 Å². The number of aryl methyl sites for hydroxylation is 2. The van der Waals surface area contributed by atoms with Crippen molar-refractivity contribution in [2.75, 3.05) is 25.5 Å². The summed E-state index contributed by atoms with van der Waals surface area (Å²) in [7, 11) is 1.81. The zero-order valence-electron chi connectivity index (χ0n) is 12.1. The van der Waals surface area contributed by atoms with Gasteiger partial charge in [-0.2, -0.15) is 0 Å². The lowest BCUT2D eigenvalue weighted by Gasteiger charge is -2.17. The van der Waals surface area contributed by atoms with Gasteiger partial charge in [-0.15, -0.1) is 0 Å². The predicted molar refractivity (Wildman–Crippen MR) is 82.2 cm³/mol. The van der Waals surface area contributed by atoms with Crippen molar-refractivity contribution in [1.82, 2.24) is 4.90 Å². The molecule has 1 amide bonds. The van der Waals surface area contributed by atoms with Gasteiger partial charge in [-0.1, -0.05) is 28.1 Å². The van der Waals surface area contributed by atoms with Crippen LogP contribution in [0.15, 0.2) is 12.1 Å². The third-order valence-corrected chi connectivity index (χ3v) is 3.78.